The largest absolute Gasteiger partial charge is 0.309 e. The Hall–Kier alpha value is -9.18. The van der Waals surface area contributed by atoms with Gasteiger partial charge in [0.15, 0.2) is 0 Å². The Morgan fingerprint density at radius 3 is 1.20 bits per heavy atom. The van der Waals surface area contributed by atoms with E-state index in [2.05, 4.69) is 218 Å². The molecule has 6 heteroatoms. The first kappa shape index (κ1) is 36.3. The average molecular weight is 841 g/mol. The number of fused-ring (bicyclic) bond motifs is 12. The molecule has 66 heavy (non-hydrogen) atoms. The molecule has 306 valence electrons. The molecule has 5 heterocycles. The van der Waals surface area contributed by atoms with Gasteiger partial charge in [0.2, 0.25) is 0 Å². The van der Waals surface area contributed by atoms with Gasteiger partial charge in [-0.05, 0) is 91.0 Å². The van der Waals surface area contributed by atoms with Crippen molar-refractivity contribution in [2.24, 2.45) is 0 Å². The molecule has 0 aliphatic heterocycles. The summed E-state index contributed by atoms with van der Waals surface area (Å²) in [6, 6.07) is 76.1. The van der Waals surface area contributed by atoms with E-state index in [1.54, 1.807) is 0 Å². The zero-order valence-corrected chi connectivity index (χ0v) is 35.5. The molecule has 0 amide bonds. The van der Waals surface area contributed by atoms with Gasteiger partial charge in [-0.1, -0.05) is 115 Å². The standard InChI is InChI=1S/C60H36N6/c61-36-38-27-28-45(56(31-38)66-54-26-14-10-22-44(54)49-33-47-42-20-8-12-24-52(42)64(58(47)35-60(49)66)40-17-5-2-6-18-40)50-37-62-30-29-55(50)65-53-25-13-9-21-43(53)48-32-46-41-19-7-11-23-51(41)63(57(46)34-59(48)65)39-15-3-1-4-16-39/h1-35,37H. The van der Waals surface area contributed by atoms with Crippen molar-refractivity contribution in [1.29, 1.82) is 5.26 Å². The summed E-state index contributed by atoms with van der Waals surface area (Å²) >= 11 is 0. The summed E-state index contributed by atoms with van der Waals surface area (Å²) in [4.78, 5) is 4.83. The van der Waals surface area contributed by atoms with Gasteiger partial charge in [0.25, 0.3) is 0 Å². The lowest BCUT2D eigenvalue weighted by atomic mass is 10.0. The first-order valence-corrected chi connectivity index (χ1v) is 22.3. The summed E-state index contributed by atoms with van der Waals surface area (Å²) in [5, 5.41) is 20.0. The maximum atomic E-state index is 10.5. The fraction of sp³-hybridized carbons (Fsp3) is 0. The Kier molecular flexibility index (Phi) is 7.65. The molecule has 0 spiro atoms. The van der Waals surface area contributed by atoms with Crippen LogP contribution in [-0.2, 0) is 0 Å². The van der Waals surface area contributed by atoms with Gasteiger partial charge >= 0.3 is 0 Å². The monoisotopic (exact) mass is 840 g/mol. The normalized spacial score (nSPS) is 11.9. The van der Waals surface area contributed by atoms with Gasteiger partial charge in [0, 0.05) is 78.0 Å². The predicted molar refractivity (Wildman–Crippen MR) is 272 cm³/mol. The quantitative estimate of drug-likeness (QED) is 0.173. The maximum Gasteiger partial charge on any atom is 0.0992 e. The molecule has 0 N–H and O–H groups in total. The molecule has 14 rings (SSSR count). The molecule has 0 unspecified atom stereocenters. The smallest absolute Gasteiger partial charge is 0.0992 e. The van der Waals surface area contributed by atoms with E-state index in [1.165, 1.54) is 37.8 Å². The number of hydrogen-bond donors (Lipinski definition) is 0. The van der Waals surface area contributed by atoms with Crippen LogP contribution in [0, 0.1) is 11.3 Å². The van der Waals surface area contributed by atoms with E-state index in [9.17, 15) is 5.26 Å². The van der Waals surface area contributed by atoms with Gasteiger partial charge in [0.05, 0.1) is 67.1 Å². The fourth-order valence-corrected chi connectivity index (χ4v) is 10.9. The van der Waals surface area contributed by atoms with Crippen LogP contribution in [-0.4, -0.2) is 23.3 Å². The highest BCUT2D eigenvalue weighted by Crippen LogP contribution is 2.45. The topological polar surface area (TPSA) is 56.4 Å². The van der Waals surface area contributed by atoms with E-state index in [4.69, 9.17) is 4.98 Å². The van der Waals surface area contributed by atoms with Crippen LogP contribution in [0.4, 0.5) is 0 Å². The molecule has 0 fully saturated rings. The number of nitrogens with zero attached hydrogens (tertiary/aromatic N) is 6. The molecule has 5 aromatic heterocycles. The van der Waals surface area contributed by atoms with Crippen LogP contribution >= 0.6 is 0 Å². The molecule has 0 bridgehead atoms. The molecule has 9 aromatic carbocycles. The highest BCUT2D eigenvalue weighted by Gasteiger charge is 2.24. The summed E-state index contributed by atoms with van der Waals surface area (Å²) < 4.78 is 9.52. The van der Waals surface area contributed by atoms with Crippen LogP contribution in [0.25, 0.3) is 121 Å². The fourth-order valence-electron chi connectivity index (χ4n) is 10.9. The van der Waals surface area contributed by atoms with E-state index in [1.807, 2.05) is 24.5 Å². The van der Waals surface area contributed by atoms with Crippen LogP contribution < -0.4 is 0 Å². The van der Waals surface area contributed by atoms with Crippen LogP contribution in [0.5, 0.6) is 0 Å². The van der Waals surface area contributed by atoms with Gasteiger partial charge in [0.1, 0.15) is 0 Å². The third-order valence-electron chi connectivity index (χ3n) is 13.7. The van der Waals surface area contributed by atoms with Crippen LogP contribution in [0.1, 0.15) is 5.56 Å². The summed E-state index contributed by atoms with van der Waals surface area (Å²) in [6.07, 6.45) is 3.88. The Labute approximate surface area is 378 Å². The first-order valence-electron chi connectivity index (χ1n) is 22.3. The second kappa shape index (κ2) is 13.9. The van der Waals surface area contributed by atoms with E-state index < -0.39 is 0 Å². The van der Waals surface area contributed by atoms with Crippen molar-refractivity contribution in [2.45, 2.75) is 0 Å². The zero-order chi connectivity index (χ0) is 43.5. The number of rotatable bonds is 5. The van der Waals surface area contributed by atoms with Crippen molar-refractivity contribution in [3.05, 3.63) is 224 Å². The predicted octanol–water partition coefficient (Wildman–Crippen LogP) is 15.0. The summed E-state index contributed by atoms with van der Waals surface area (Å²) in [6.45, 7) is 0. The lowest BCUT2D eigenvalue weighted by Gasteiger charge is -2.18. The van der Waals surface area contributed by atoms with E-state index in [0.717, 1.165) is 83.3 Å². The Balaban J connectivity index is 1.07. The molecule has 0 atom stereocenters. The molecule has 14 aromatic rings. The zero-order valence-electron chi connectivity index (χ0n) is 35.5. The number of para-hydroxylation sites is 6. The maximum absolute atomic E-state index is 10.5. The van der Waals surface area contributed by atoms with Crippen molar-refractivity contribution in [3.63, 3.8) is 0 Å². The second-order valence-corrected chi connectivity index (χ2v) is 17.1. The van der Waals surface area contributed by atoms with Gasteiger partial charge < -0.3 is 18.3 Å². The van der Waals surface area contributed by atoms with Crippen molar-refractivity contribution >= 4 is 87.2 Å². The summed E-state index contributed by atoms with van der Waals surface area (Å²) in [5.74, 6) is 0. The minimum Gasteiger partial charge on any atom is -0.309 e. The third-order valence-corrected chi connectivity index (χ3v) is 13.7. The van der Waals surface area contributed by atoms with E-state index in [0.29, 0.717) is 5.56 Å². The van der Waals surface area contributed by atoms with Crippen molar-refractivity contribution in [2.75, 3.05) is 0 Å². The van der Waals surface area contributed by atoms with E-state index in [-0.39, 0.29) is 0 Å². The van der Waals surface area contributed by atoms with Crippen LogP contribution in [0.3, 0.4) is 0 Å². The molecule has 0 aliphatic rings. The van der Waals surface area contributed by atoms with Crippen molar-refractivity contribution < 1.29 is 0 Å². The van der Waals surface area contributed by atoms with Crippen LogP contribution in [0.2, 0.25) is 0 Å². The SMILES string of the molecule is N#Cc1ccc(-c2cnccc2-n2c3ccccc3c3cc4c5ccccc5n(-c5ccccc5)c4cc32)c(-n2c3ccccc3c3cc4c5ccccc5n(-c5ccccc5)c4cc32)c1. The number of hydrogen-bond acceptors (Lipinski definition) is 2. The number of benzene rings is 9. The lowest BCUT2D eigenvalue weighted by molar-refractivity contribution is 1.14. The summed E-state index contributed by atoms with van der Waals surface area (Å²) in [5.41, 5.74) is 15.5. The van der Waals surface area contributed by atoms with Gasteiger partial charge in [-0.3, -0.25) is 4.98 Å². The second-order valence-electron chi connectivity index (χ2n) is 17.1. The molecule has 0 aliphatic carbocycles. The Morgan fingerprint density at radius 1 is 0.318 bits per heavy atom. The van der Waals surface area contributed by atoms with E-state index >= 15 is 0 Å². The molecule has 6 nitrogen and oxygen atoms in total. The molecule has 0 saturated carbocycles. The average Bonchev–Trinajstić information content (AvgIpc) is 4.09. The Bertz CT molecular complexity index is 4350. The third kappa shape index (κ3) is 5.08. The number of pyridine rings is 1. The van der Waals surface area contributed by atoms with Crippen molar-refractivity contribution in [1.82, 2.24) is 23.3 Å². The molecule has 0 radical (unpaired) electrons. The minimum atomic E-state index is 0.581. The minimum absolute atomic E-state index is 0.581. The van der Waals surface area contributed by atoms with Gasteiger partial charge in [-0.15, -0.1) is 0 Å². The number of aromatic nitrogens is 5. The van der Waals surface area contributed by atoms with Crippen molar-refractivity contribution in [3.8, 4) is 39.9 Å². The highest BCUT2D eigenvalue weighted by molar-refractivity contribution is 6.21. The number of nitriles is 1. The summed E-state index contributed by atoms with van der Waals surface area (Å²) in [7, 11) is 0. The lowest BCUT2D eigenvalue weighted by Crippen LogP contribution is -2.03. The molecule has 0 saturated heterocycles. The molecular weight excluding hydrogens is 805 g/mol. The Morgan fingerprint density at radius 2 is 0.727 bits per heavy atom. The highest BCUT2D eigenvalue weighted by atomic mass is 15.0. The van der Waals surface area contributed by atoms with Crippen LogP contribution in [0.15, 0.2) is 219 Å². The first-order chi connectivity index (χ1) is 32.7. The molecular formula is C60H36N6. The van der Waals surface area contributed by atoms with Gasteiger partial charge in [-0.25, -0.2) is 0 Å². The van der Waals surface area contributed by atoms with Gasteiger partial charge in [-0.2, -0.15) is 5.26 Å².